The highest BCUT2D eigenvalue weighted by Crippen LogP contribution is 2.20. The fourth-order valence-corrected chi connectivity index (χ4v) is 3.30. The zero-order valence-corrected chi connectivity index (χ0v) is 16.8. The molecule has 0 radical (unpaired) electrons. The molecule has 1 fully saturated rings. The van der Waals surface area contributed by atoms with Gasteiger partial charge in [0.05, 0.1) is 24.3 Å². The van der Waals surface area contributed by atoms with Gasteiger partial charge in [0.25, 0.3) is 11.8 Å². The standard InChI is InChI=1S/C23H26N2O5/c26-21(16-30-22(27)14-15-29-18-10-2-1-3-11-18)25-20-13-7-6-12-19(20)23(28)24-17-8-4-5-9-17/h1-3,6-7,10-13,17H,4-5,8-9,14-16H2,(H,24,28)(H,25,26). The summed E-state index contributed by atoms with van der Waals surface area (Å²) in [5.41, 5.74) is 0.779. The molecular weight excluding hydrogens is 384 g/mol. The van der Waals surface area contributed by atoms with Gasteiger partial charge in [0, 0.05) is 6.04 Å². The third-order valence-electron chi connectivity index (χ3n) is 4.82. The molecule has 7 nitrogen and oxygen atoms in total. The maximum absolute atomic E-state index is 12.5. The van der Waals surface area contributed by atoms with Crippen LogP contribution in [0.15, 0.2) is 54.6 Å². The molecule has 0 aromatic heterocycles. The highest BCUT2D eigenvalue weighted by atomic mass is 16.5. The van der Waals surface area contributed by atoms with Gasteiger partial charge in [-0.25, -0.2) is 0 Å². The average Bonchev–Trinajstić information content (AvgIpc) is 3.26. The zero-order valence-electron chi connectivity index (χ0n) is 16.8. The van der Waals surface area contributed by atoms with Gasteiger partial charge in [0.2, 0.25) is 0 Å². The Morgan fingerprint density at radius 1 is 0.933 bits per heavy atom. The summed E-state index contributed by atoms with van der Waals surface area (Å²) in [6.45, 7) is -0.266. The third kappa shape index (κ3) is 6.62. The molecule has 0 unspecified atom stereocenters. The summed E-state index contributed by atoms with van der Waals surface area (Å²) in [6.07, 6.45) is 4.22. The minimum absolute atomic E-state index is 0.0303. The van der Waals surface area contributed by atoms with Crippen molar-refractivity contribution >= 4 is 23.5 Å². The lowest BCUT2D eigenvalue weighted by Crippen LogP contribution is -2.33. The normalized spacial score (nSPS) is 13.5. The van der Waals surface area contributed by atoms with Crippen molar-refractivity contribution < 1.29 is 23.9 Å². The molecule has 2 N–H and O–H groups in total. The molecule has 7 heteroatoms. The van der Waals surface area contributed by atoms with Crippen molar-refractivity contribution in [3.05, 3.63) is 60.2 Å². The predicted molar refractivity (Wildman–Crippen MR) is 112 cm³/mol. The fourth-order valence-electron chi connectivity index (χ4n) is 3.30. The van der Waals surface area contributed by atoms with Gasteiger partial charge >= 0.3 is 5.97 Å². The van der Waals surface area contributed by atoms with Crippen molar-refractivity contribution in [3.8, 4) is 5.75 Å². The van der Waals surface area contributed by atoms with Gasteiger partial charge in [-0.3, -0.25) is 14.4 Å². The second-order valence-corrected chi connectivity index (χ2v) is 7.12. The molecule has 1 saturated carbocycles. The van der Waals surface area contributed by atoms with E-state index in [0.29, 0.717) is 17.0 Å². The van der Waals surface area contributed by atoms with Crippen LogP contribution in [0.25, 0.3) is 0 Å². The van der Waals surface area contributed by atoms with Crippen LogP contribution in [0.5, 0.6) is 5.75 Å². The highest BCUT2D eigenvalue weighted by Gasteiger charge is 2.20. The van der Waals surface area contributed by atoms with Crippen molar-refractivity contribution in [3.63, 3.8) is 0 Å². The smallest absolute Gasteiger partial charge is 0.309 e. The Labute approximate surface area is 175 Å². The summed E-state index contributed by atoms with van der Waals surface area (Å²) < 4.78 is 10.4. The largest absolute Gasteiger partial charge is 0.493 e. The first-order valence-electron chi connectivity index (χ1n) is 10.1. The Bertz CT molecular complexity index is 863. The lowest BCUT2D eigenvalue weighted by Gasteiger charge is -2.15. The van der Waals surface area contributed by atoms with Gasteiger partial charge in [0.15, 0.2) is 6.61 Å². The van der Waals surface area contributed by atoms with E-state index >= 15 is 0 Å². The van der Waals surface area contributed by atoms with Crippen molar-refractivity contribution in [2.45, 2.75) is 38.1 Å². The number of nitrogens with one attached hydrogen (secondary N) is 2. The quantitative estimate of drug-likeness (QED) is 0.619. The highest BCUT2D eigenvalue weighted by molar-refractivity contribution is 6.04. The van der Waals surface area contributed by atoms with Crippen molar-refractivity contribution in [1.29, 1.82) is 0 Å². The van der Waals surface area contributed by atoms with Crippen molar-refractivity contribution in [1.82, 2.24) is 5.32 Å². The molecule has 2 amide bonds. The summed E-state index contributed by atoms with van der Waals surface area (Å²) in [7, 11) is 0. The first-order valence-corrected chi connectivity index (χ1v) is 10.1. The van der Waals surface area contributed by atoms with Crippen LogP contribution in [0.1, 0.15) is 42.5 Å². The number of ether oxygens (including phenoxy) is 2. The van der Waals surface area contributed by atoms with Gasteiger partial charge in [-0.05, 0) is 37.1 Å². The van der Waals surface area contributed by atoms with E-state index in [9.17, 15) is 14.4 Å². The Kier molecular flexibility index (Phi) is 7.83. The van der Waals surface area contributed by atoms with E-state index in [1.54, 1.807) is 36.4 Å². The monoisotopic (exact) mass is 410 g/mol. The molecule has 3 rings (SSSR count). The number of hydrogen-bond donors (Lipinski definition) is 2. The number of carbonyl (C=O) groups excluding carboxylic acids is 3. The van der Waals surface area contributed by atoms with Crippen LogP contribution in [0.4, 0.5) is 5.69 Å². The van der Waals surface area contributed by atoms with Crippen LogP contribution in [-0.2, 0) is 14.3 Å². The van der Waals surface area contributed by atoms with Gasteiger partial charge in [0.1, 0.15) is 5.75 Å². The molecule has 158 valence electrons. The van der Waals surface area contributed by atoms with Crippen molar-refractivity contribution in [2.24, 2.45) is 0 Å². The van der Waals surface area contributed by atoms with E-state index in [1.165, 1.54) is 0 Å². The number of anilines is 1. The van der Waals surface area contributed by atoms with E-state index in [1.807, 2.05) is 18.2 Å². The van der Waals surface area contributed by atoms with Crippen LogP contribution in [0.2, 0.25) is 0 Å². The molecule has 0 heterocycles. The number of benzene rings is 2. The molecular formula is C23H26N2O5. The first kappa shape index (κ1) is 21.4. The molecule has 1 aliphatic rings. The number of hydrogen-bond acceptors (Lipinski definition) is 5. The van der Waals surface area contributed by atoms with Crippen LogP contribution < -0.4 is 15.4 Å². The molecule has 0 aliphatic heterocycles. The van der Waals surface area contributed by atoms with E-state index in [0.717, 1.165) is 25.7 Å². The number of carbonyl (C=O) groups is 3. The molecule has 0 saturated heterocycles. The van der Waals surface area contributed by atoms with Gasteiger partial charge in [-0.1, -0.05) is 43.2 Å². The second kappa shape index (κ2) is 11.0. The van der Waals surface area contributed by atoms with E-state index < -0.39 is 18.5 Å². The van der Waals surface area contributed by atoms with E-state index in [2.05, 4.69) is 10.6 Å². The minimum atomic E-state index is -0.534. The van der Waals surface area contributed by atoms with Crippen LogP contribution in [0.3, 0.4) is 0 Å². The zero-order chi connectivity index (χ0) is 21.2. The average molecular weight is 410 g/mol. The number of esters is 1. The first-order chi connectivity index (χ1) is 14.6. The Morgan fingerprint density at radius 2 is 1.63 bits per heavy atom. The Balaban J connectivity index is 1.43. The summed E-state index contributed by atoms with van der Waals surface area (Å²) in [5, 5.41) is 5.65. The Morgan fingerprint density at radius 3 is 2.40 bits per heavy atom. The molecule has 0 atom stereocenters. The maximum atomic E-state index is 12.5. The summed E-state index contributed by atoms with van der Waals surface area (Å²) in [6, 6.07) is 16.1. The molecule has 2 aromatic carbocycles. The molecule has 2 aromatic rings. The van der Waals surface area contributed by atoms with E-state index in [-0.39, 0.29) is 25.0 Å². The summed E-state index contributed by atoms with van der Waals surface area (Å²) >= 11 is 0. The fraction of sp³-hybridized carbons (Fsp3) is 0.348. The maximum Gasteiger partial charge on any atom is 0.309 e. The number of para-hydroxylation sites is 2. The van der Waals surface area contributed by atoms with Gasteiger partial charge in [-0.2, -0.15) is 0 Å². The molecule has 0 bridgehead atoms. The topological polar surface area (TPSA) is 93.7 Å². The Hall–Kier alpha value is -3.35. The molecule has 0 spiro atoms. The number of amides is 2. The predicted octanol–water partition coefficient (Wildman–Crippen LogP) is 3.31. The van der Waals surface area contributed by atoms with E-state index in [4.69, 9.17) is 9.47 Å². The van der Waals surface area contributed by atoms with Crippen molar-refractivity contribution in [2.75, 3.05) is 18.5 Å². The lowest BCUT2D eigenvalue weighted by molar-refractivity contribution is -0.147. The summed E-state index contributed by atoms with van der Waals surface area (Å²) in [4.78, 5) is 36.5. The van der Waals surface area contributed by atoms with Crippen LogP contribution in [-0.4, -0.2) is 37.0 Å². The SMILES string of the molecule is O=C(COC(=O)CCOc1ccccc1)Nc1ccccc1C(=O)NC1CCCC1. The van der Waals surface area contributed by atoms with Gasteiger partial charge in [-0.15, -0.1) is 0 Å². The minimum Gasteiger partial charge on any atom is -0.493 e. The third-order valence-corrected chi connectivity index (χ3v) is 4.82. The summed E-state index contributed by atoms with van der Waals surface area (Å²) in [5.74, 6) is -0.592. The van der Waals surface area contributed by atoms with Crippen LogP contribution in [0, 0.1) is 0 Å². The lowest BCUT2D eigenvalue weighted by atomic mass is 10.1. The molecule has 1 aliphatic carbocycles. The molecule has 30 heavy (non-hydrogen) atoms. The van der Waals surface area contributed by atoms with Gasteiger partial charge < -0.3 is 20.1 Å². The second-order valence-electron chi connectivity index (χ2n) is 7.12. The van der Waals surface area contributed by atoms with Crippen LogP contribution >= 0.6 is 0 Å². The number of rotatable bonds is 9.